The second kappa shape index (κ2) is 8.13. The number of rotatable bonds is 4. The fraction of sp³-hybridized carbons (Fsp3) is 0.318. The lowest BCUT2D eigenvalue weighted by Gasteiger charge is -2.36. The van der Waals surface area contributed by atoms with Crippen LogP contribution in [-0.4, -0.2) is 45.4 Å². The van der Waals surface area contributed by atoms with Crippen LogP contribution in [0.5, 0.6) is 0 Å². The van der Waals surface area contributed by atoms with E-state index in [1.54, 1.807) is 10.7 Å². The molecular weight excluding hydrogens is 369 g/mol. The van der Waals surface area contributed by atoms with Crippen molar-refractivity contribution in [2.24, 2.45) is 0 Å². The second-order valence-corrected chi connectivity index (χ2v) is 7.41. The first-order valence-corrected chi connectivity index (χ1v) is 9.77. The molecule has 1 atom stereocenters. The van der Waals surface area contributed by atoms with E-state index in [4.69, 9.17) is 0 Å². The number of benzene rings is 2. The topological polar surface area (TPSA) is 63.1 Å². The van der Waals surface area contributed by atoms with Gasteiger partial charge in [-0.3, -0.25) is 4.79 Å². The molecule has 1 N–H and O–H groups in total. The SMILES string of the molecule is Cc1ccc(-n2nnc(CC(=O)N3CCNCC3c3cccc(F)c3)c2C)cc1. The molecule has 4 rings (SSSR count). The number of amides is 1. The standard InChI is InChI=1S/C22H24FN5O/c1-15-6-8-19(9-7-15)28-16(2)20(25-26-28)13-22(29)27-11-10-24-14-21(27)17-4-3-5-18(23)12-17/h3-9,12,21,24H,10-11,13-14H2,1-2H3. The van der Waals surface area contributed by atoms with Gasteiger partial charge in [-0.15, -0.1) is 5.10 Å². The summed E-state index contributed by atoms with van der Waals surface area (Å²) < 4.78 is 15.4. The molecule has 0 saturated carbocycles. The Kier molecular flexibility index (Phi) is 5.40. The van der Waals surface area contributed by atoms with E-state index in [9.17, 15) is 9.18 Å². The zero-order valence-corrected chi connectivity index (χ0v) is 16.6. The number of nitrogens with one attached hydrogen (secondary N) is 1. The normalized spacial score (nSPS) is 16.8. The fourth-order valence-corrected chi connectivity index (χ4v) is 3.71. The minimum absolute atomic E-state index is 0.0279. The van der Waals surface area contributed by atoms with Gasteiger partial charge in [-0.25, -0.2) is 9.07 Å². The molecule has 1 unspecified atom stereocenters. The minimum Gasteiger partial charge on any atom is -0.333 e. The number of carbonyl (C=O) groups excluding carboxylic acids is 1. The van der Waals surface area contributed by atoms with Gasteiger partial charge in [0.05, 0.1) is 29.5 Å². The molecule has 2 heterocycles. The average Bonchev–Trinajstić information content (AvgIpc) is 3.09. The number of halogens is 1. The van der Waals surface area contributed by atoms with E-state index in [1.807, 2.05) is 49.1 Å². The van der Waals surface area contributed by atoms with Crippen molar-refractivity contribution >= 4 is 5.91 Å². The predicted octanol–water partition coefficient (Wildman–Crippen LogP) is 2.74. The van der Waals surface area contributed by atoms with Crippen molar-refractivity contribution in [3.63, 3.8) is 0 Å². The van der Waals surface area contributed by atoms with Crippen molar-refractivity contribution in [3.8, 4) is 5.69 Å². The number of aromatic nitrogens is 3. The molecule has 1 amide bonds. The summed E-state index contributed by atoms with van der Waals surface area (Å²) in [4.78, 5) is 14.9. The van der Waals surface area contributed by atoms with Gasteiger partial charge in [0.25, 0.3) is 0 Å². The Bertz CT molecular complexity index is 1010. The molecule has 0 bridgehead atoms. The number of carbonyl (C=O) groups is 1. The highest BCUT2D eigenvalue weighted by Crippen LogP contribution is 2.24. The van der Waals surface area contributed by atoms with E-state index in [-0.39, 0.29) is 24.2 Å². The van der Waals surface area contributed by atoms with Crippen LogP contribution in [0.2, 0.25) is 0 Å². The lowest BCUT2D eigenvalue weighted by molar-refractivity contribution is -0.133. The maximum Gasteiger partial charge on any atom is 0.229 e. The van der Waals surface area contributed by atoms with Crippen LogP contribution in [-0.2, 0) is 11.2 Å². The Balaban J connectivity index is 1.54. The van der Waals surface area contributed by atoms with Gasteiger partial charge in [0, 0.05) is 19.6 Å². The molecule has 1 saturated heterocycles. The predicted molar refractivity (Wildman–Crippen MR) is 108 cm³/mol. The number of piperazine rings is 1. The molecule has 2 aromatic carbocycles. The summed E-state index contributed by atoms with van der Waals surface area (Å²) in [7, 11) is 0. The second-order valence-electron chi connectivity index (χ2n) is 7.41. The molecule has 1 aliphatic heterocycles. The van der Waals surface area contributed by atoms with Gasteiger partial charge < -0.3 is 10.2 Å². The number of aryl methyl sites for hydroxylation is 1. The Morgan fingerprint density at radius 3 is 2.76 bits per heavy atom. The third-order valence-electron chi connectivity index (χ3n) is 5.38. The number of hydrogen-bond acceptors (Lipinski definition) is 4. The van der Waals surface area contributed by atoms with Crippen LogP contribution in [0.3, 0.4) is 0 Å². The summed E-state index contributed by atoms with van der Waals surface area (Å²) >= 11 is 0. The third-order valence-corrected chi connectivity index (χ3v) is 5.38. The zero-order valence-electron chi connectivity index (χ0n) is 16.6. The van der Waals surface area contributed by atoms with Gasteiger partial charge >= 0.3 is 0 Å². The van der Waals surface area contributed by atoms with E-state index in [0.717, 1.165) is 16.9 Å². The van der Waals surface area contributed by atoms with Crippen molar-refractivity contribution in [1.82, 2.24) is 25.2 Å². The maximum absolute atomic E-state index is 13.7. The van der Waals surface area contributed by atoms with Gasteiger partial charge in [-0.2, -0.15) is 0 Å². The highest BCUT2D eigenvalue weighted by molar-refractivity contribution is 5.79. The first-order valence-electron chi connectivity index (χ1n) is 9.77. The van der Waals surface area contributed by atoms with Crippen LogP contribution in [0.4, 0.5) is 4.39 Å². The molecule has 6 nitrogen and oxygen atoms in total. The lowest BCUT2D eigenvalue weighted by Crippen LogP contribution is -2.49. The van der Waals surface area contributed by atoms with Crippen molar-refractivity contribution in [1.29, 1.82) is 0 Å². The van der Waals surface area contributed by atoms with Gasteiger partial charge in [0.2, 0.25) is 5.91 Å². The van der Waals surface area contributed by atoms with Crippen molar-refractivity contribution in [2.45, 2.75) is 26.3 Å². The summed E-state index contributed by atoms with van der Waals surface area (Å²) in [6.07, 6.45) is 0.170. The van der Waals surface area contributed by atoms with Gasteiger partial charge in [0.1, 0.15) is 5.82 Å². The van der Waals surface area contributed by atoms with Gasteiger partial charge in [-0.05, 0) is 43.7 Å². The van der Waals surface area contributed by atoms with E-state index in [1.165, 1.54) is 17.7 Å². The molecule has 1 aliphatic rings. The van der Waals surface area contributed by atoms with E-state index in [0.29, 0.717) is 25.3 Å². The van der Waals surface area contributed by atoms with Gasteiger partial charge in [-0.1, -0.05) is 35.0 Å². The molecule has 29 heavy (non-hydrogen) atoms. The molecule has 0 radical (unpaired) electrons. The van der Waals surface area contributed by atoms with Crippen LogP contribution in [0.1, 0.15) is 28.6 Å². The monoisotopic (exact) mass is 393 g/mol. The average molecular weight is 393 g/mol. The quantitative estimate of drug-likeness (QED) is 0.740. The summed E-state index contributed by atoms with van der Waals surface area (Å²) in [6.45, 7) is 5.84. The van der Waals surface area contributed by atoms with Crippen LogP contribution in [0, 0.1) is 19.7 Å². The van der Waals surface area contributed by atoms with Crippen LogP contribution in [0.25, 0.3) is 5.69 Å². The summed E-state index contributed by atoms with van der Waals surface area (Å²) in [5.74, 6) is -0.322. The van der Waals surface area contributed by atoms with Gasteiger partial charge in [0.15, 0.2) is 0 Å². The zero-order chi connectivity index (χ0) is 20.4. The van der Waals surface area contributed by atoms with E-state index < -0.39 is 0 Å². The smallest absolute Gasteiger partial charge is 0.229 e. The first kappa shape index (κ1) is 19.3. The van der Waals surface area contributed by atoms with Crippen molar-refractivity contribution in [2.75, 3.05) is 19.6 Å². The van der Waals surface area contributed by atoms with Crippen LogP contribution in [0.15, 0.2) is 48.5 Å². The highest BCUT2D eigenvalue weighted by Gasteiger charge is 2.29. The Morgan fingerprint density at radius 1 is 1.21 bits per heavy atom. The Labute approximate surface area is 169 Å². The van der Waals surface area contributed by atoms with Crippen LogP contribution < -0.4 is 5.32 Å². The molecule has 0 aliphatic carbocycles. The molecule has 3 aromatic rings. The maximum atomic E-state index is 13.7. The highest BCUT2D eigenvalue weighted by atomic mass is 19.1. The van der Waals surface area contributed by atoms with E-state index in [2.05, 4.69) is 15.6 Å². The molecule has 1 fully saturated rings. The summed E-state index contributed by atoms with van der Waals surface area (Å²) in [6, 6.07) is 14.3. The van der Waals surface area contributed by atoms with Crippen molar-refractivity contribution < 1.29 is 9.18 Å². The fourth-order valence-electron chi connectivity index (χ4n) is 3.71. The number of hydrogen-bond donors (Lipinski definition) is 1. The molecule has 1 aromatic heterocycles. The third kappa shape index (κ3) is 4.05. The minimum atomic E-state index is -0.294. The molecular formula is C22H24FN5O. The number of nitrogens with zero attached hydrogens (tertiary/aromatic N) is 4. The molecule has 7 heteroatoms. The Morgan fingerprint density at radius 2 is 2.00 bits per heavy atom. The molecule has 0 spiro atoms. The van der Waals surface area contributed by atoms with Crippen molar-refractivity contribution in [3.05, 3.63) is 76.9 Å². The summed E-state index contributed by atoms with van der Waals surface area (Å²) in [5.41, 5.74) is 4.39. The lowest BCUT2D eigenvalue weighted by atomic mass is 10.0. The summed E-state index contributed by atoms with van der Waals surface area (Å²) in [5, 5.41) is 11.8. The van der Waals surface area contributed by atoms with E-state index >= 15 is 0 Å². The Hall–Kier alpha value is -3.06. The first-order chi connectivity index (χ1) is 14.0. The largest absolute Gasteiger partial charge is 0.333 e. The molecule has 150 valence electrons. The van der Waals surface area contributed by atoms with Crippen LogP contribution >= 0.6 is 0 Å².